The van der Waals surface area contributed by atoms with Gasteiger partial charge in [-0.15, -0.1) is 0 Å². The zero-order valence-electron chi connectivity index (χ0n) is 6.91. The van der Waals surface area contributed by atoms with Crippen molar-refractivity contribution in [3.05, 3.63) is 16.3 Å². The number of alkyl halides is 3. The molecule has 0 fully saturated rings. The molecule has 9 heteroatoms. The summed E-state index contributed by atoms with van der Waals surface area (Å²) in [6.07, 6.45) is -4.92. The molecule has 0 radical (unpaired) electrons. The van der Waals surface area contributed by atoms with Gasteiger partial charge in [0.15, 0.2) is 0 Å². The molecule has 1 aromatic heterocycles. The van der Waals surface area contributed by atoms with Crippen LogP contribution in [-0.2, 0) is 6.18 Å². The van der Waals surface area contributed by atoms with Gasteiger partial charge in [-0.2, -0.15) is 24.5 Å². The van der Waals surface area contributed by atoms with Crippen molar-refractivity contribution < 1.29 is 77.5 Å². The number of hydrogen-bond acceptors (Lipinski definition) is 1. The molecule has 0 spiro atoms. The molecule has 1 rings (SSSR count). The van der Waals surface area contributed by atoms with Crippen LogP contribution in [0.1, 0.15) is 5.56 Å². The number of thiophene rings is 1. The number of hydrogen-bond donors (Lipinski definition) is 0. The molecule has 1 aromatic rings. The van der Waals surface area contributed by atoms with Crippen molar-refractivity contribution in [1.29, 1.82) is 0 Å². The molecule has 0 atom stereocenters. The summed E-state index contributed by atoms with van der Waals surface area (Å²) in [5.41, 5.74) is -3.15. The first-order valence-electron chi connectivity index (χ1n) is 3.06. The van der Waals surface area contributed by atoms with Gasteiger partial charge in [-0.3, -0.25) is 0 Å². The summed E-state index contributed by atoms with van der Waals surface area (Å²) in [7, 11) is 0. The Morgan fingerprint density at radius 1 is 1.07 bits per heavy atom. The molecule has 0 aliphatic carbocycles. The number of rotatable bonds is 1. The van der Waals surface area contributed by atoms with E-state index in [2.05, 4.69) is 0 Å². The fourth-order valence-corrected chi connectivity index (χ4v) is 1.69. The number of halogens is 6. The maximum Gasteiger partial charge on any atom is 1.00 e. The smallest absolute Gasteiger partial charge is 0.445 e. The van der Waals surface area contributed by atoms with E-state index in [1.807, 2.05) is 0 Å². The monoisotopic (exact) mass is 258 g/mol. The van der Waals surface area contributed by atoms with Crippen LogP contribution in [0.4, 0.5) is 26.1 Å². The van der Waals surface area contributed by atoms with Gasteiger partial charge in [0.25, 0.3) is 0 Å². The van der Waals surface area contributed by atoms with E-state index < -0.39 is 24.2 Å². The third-order valence-electron chi connectivity index (χ3n) is 1.35. The minimum Gasteiger partial charge on any atom is -0.445 e. The molecule has 0 N–H and O–H groups in total. The van der Waals surface area contributed by atoms with Gasteiger partial charge in [0.05, 0.1) is 0 Å². The zero-order valence-corrected chi connectivity index (χ0v) is 10.8. The summed E-state index contributed by atoms with van der Waals surface area (Å²) in [5.74, 6) is 0. The van der Waals surface area contributed by atoms with Crippen molar-refractivity contribution in [3.63, 3.8) is 0 Å². The largest absolute Gasteiger partial charge is 1.00 e. The van der Waals surface area contributed by atoms with Gasteiger partial charge in [-0.1, -0.05) is 5.46 Å². The third kappa shape index (κ3) is 3.53. The van der Waals surface area contributed by atoms with E-state index in [1.165, 1.54) is 0 Å². The van der Waals surface area contributed by atoms with Crippen LogP contribution in [0, 0.1) is 0 Å². The first-order valence-corrected chi connectivity index (χ1v) is 4.00. The first-order chi connectivity index (χ1) is 5.73. The topological polar surface area (TPSA) is 0 Å². The molecule has 74 valence electrons. The van der Waals surface area contributed by atoms with E-state index in [0.29, 0.717) is 22.1 Å². The van der Waals surface area contributed by atoms with E-state index in [1.54, 1.807) is 0 Å². The van der Waals surface area contributed by atoms with Crippen molar-refractivity contribution in [1.82, 2.24) is 0 Å². The Morgan fingerprint density at radius 3 is 1.86 bits per heavy atom. The maximum atomic E-state index is 12.0. The minimum absolute atomic E-state index is 0. The summed E-state index contributed by atoms with van der Waals surface area (Å²) in [6.45, 7) is -5.57. The summed E-state index contributed by atoms with van der Waals surface area (Å²) < 4.78 is 71.7. The molecule has 0 saturated heterocycles. The predicted molar refractivity (Wildman–Crippen MR) is 38.0 cm³/mol. The quantitative estimate of drug-likeness (QED) is 0.484. The Morgan fingerprint density at radius 2 is 1.57 bits per heavy atom. The molecule has 0 amide bonds. The predicted octanol–water partition coefficient (Wildman–Crippen LogP) is -0.175. The van der Waals surface area contributed by atoms with Crippen LogP contribution in [0.25, 0.3) is 0 Å². The van der Waals surface area contributed by atoms with E-state index >= 15 is 0 Å². The molecule has 0 nitrogen and oxygen atoms in total. The van der Waals surface area contributed by atoms with Crippen LogP contribution in [0.2, 0.25) is 0 Å². The van der Waals surface area contributed by atoms with Gasteiger partial charge < -0.3 is 12.9 Å². The molecule has 0 aliphatic heterocycles. The second-order valence-corrected chi connectivity index (χ2v) is 3.06. The van der Waals surface area contributed by atoms with Crippen LogP contribution in [0.3, 0.4) is 0 Å². The normalized spacial score (nSPS) is 12.4. The van der Waals surface area contributed by atoms with Gasteiger partial charge in [0.2, 0.25) is 0 Å². The minimum atomic E-state index is -5.57. The standard InChI is InChI=1S/C5H2BF6S.K/c7-5(8,9)3-1-13-2-4(3)6(10,11)12;/h1-2H;/q-1;+1. The Hall–Kier alpha value is 0.981. The van der Waals surface area contributed by atoms with Crippen molar-refractivity contribution in [2.75, 3.05) is 0 Å². The fourth-order valence-electron chi connectivity index (χ4n) is 0.791. The maximum absolute atomic E-state index is 12.0. The van der Waals surface area contributed by atoms with Gasteiger partial charge in [-0.05, 0) is 10.8 Å². The Labute approximate surface area is 122 Å². The average Bonchev–Trinajstić information content (AvgIpc) is 2.27. The SMILES string of the molecule is F[B-](F)(F)c1cscc1C(F)(F)F.[K+]. The van der Waals surface area contributed by atoms with E-state index in [0.717, 1.165) is 0 Å². The fraction of sp³-hybridized carbons (Fsp3) is 0.200. The summed E-state index contributed by atoms with van der Waals surface area (Å²) >= 11 is 0.396. The molecular weight excluding hydrogens is 256 g/mol. The zero-order chi connectivity index (χ0) is 10.3. The van der Waals surface area contributed by atoms with E-state index in [4.69, 9.17) is 0 Å². The molecule has 0 aliphatic rings. The van der Waals surface area contributed by atoms with Crippen LogP contribution >= 0.6 is 11.3 Å². The Bertz CT molecular complexity index is 273. The molecule has 0 saturated carbocycles. The molecule has 14 heavy (non-hydrogen) atoms. The van der Waals surface area contributed by atoms with Crippen LogP contribution in [0.5, 0.6) is 0 Å². The molecule has 0 aromatic carbocycles. The third-order valence-corrected chi connectivity index (χ3v) is 2.11. The molecule has 0 bridgehead atoms. The summed E-state index contributed by atoms with van der Waals surface area (Å²) in [6, 6.07) is 0. The summed E-state index contributed by atoms with van der Waals surface area (Å²) in [4.78, 5) is 0. The van der Waals surface area contributed by atoms with Crippen LogP contribution < -0.4 is 56.8 Å². The molecular formula is C5H2BF6KS. The van der Waals surface area contributed by atoms with Gasteiger partial charge in [0.1, 0.15) is 0 Å². The van der Waals surface area contributed by atoms with E-state index in [9.17, 15) is 26.1 Å². The van der Waals surface area contributed by atoms with Crippen molar-refractivity contribution in [3.8, 4) is 0 Å². The van der Waals surface area contributed by atoms with Gasteiger partial charge in [0, 0.05) is 5.56 Å². The molecule has 0 unspecified atom stereocenters. The van der Waals surface area contributed by atoms with E-state index in [-0.39, 0.29) is 51.4 Å². The van der Waals surface area contributed by atoms with Gasteiger partial charge in [-0.25, -0.2) is 0 Å². The van der Waals surface area contributed by atoms with Crippen LogP contribution in [0.15, 0.2) is 10.8 Å². The van der Waals surface area contributed by atoms with Gasteiger partial charge >= 0.3 is 64.5 Å². The average molecular weight is 258 g/mol. The Kier molecular flexibility index (Phi) is 5.22. The second kappa shape index (κ2) is 4.88. The van der Waals surface area contributed by atoms with Crippen molar-refractivity contribution in [2.24, 2.45) is 0 Å². The molecule has 1 heterocycles. The van der Waals surface area contributed by atoms with Crippen molar-refractivity contribution in [2.45, 2.75) is 6.18 Å². The van der Waals surface area contributed by atoms with Crippen molar-refractivity contribution >= 4 is 23.8 Å². The Balaban J connectivity index is 0.00000169. The van der Waals surface area contributed by atoms with Crippen LogP contribution in [-0.4, -0.2) is 6.98 Å². The first kappa shape index (κ1) is 15.0. The second-order valence-electron chi connectivity index (χ2n) is 2.31. The summed E-state index contributed by atoms with van der Waals surface area (Å²) in [5, 5.41) is 0.938.